The van der Waals surface area contributed by atoms with Crippen molar-refractivity contribution >= 4 is 23.5 Å². The van der Waals surface area contributed by atoms with E-state index in [0.717, 1.165) is 55.4 Å². The Hall–Kier alpha value is -3.90. The van der Waals surface area contributed by atoms with Crippen LogP contribution < -0.4 is 10.2 Å². The molecule has 2 aliphatic rings. The molecule has 5 rings (SSSR count). The third kappa shape index (κ3) is 9.06. The molecule has 0 bridgehead atoms. The molecule has 3 heterocycles. The van der Waals surface area contributed by atoms with E-state index in [1.54, 1.807) is 12.4 Å². The van der Waals surface area contributed by atoms with Gasteiger partial charge in [-0.3, -0.25) is 14.5 Å². The number of aliphatic hydroxyl groups excluding tert-OH is 1. The van der Waals surface area contributed by atoms with Crippen LogP contribution in [-0.2, 0) is 25.7 Å². The van der Waals surface area contributed by atoms with Gasteiger partial charge in [0.2, 0.25) is 11.9 Å². The van der Waals surface area contributed by atoms with Crippen molar-refractivity contribution in [2.45, 2.75) is 63.6 Å². The highest BCUT2D eigenvalue weighted by Crippen LogP contribution is 2.38. The third-order valence-corrected chi connectivity index (χ3v) is 8.05. The second-order valence-electron chi connectivity index (χ2n) is 11.3. The summed E-state index contributed by atoms with van der Waals surface area (Å²) in [4.78, 5) is 36.4. The first-order valence-corrected chi connectivity index (χ1v) is 15.3. The summed E-state index contributed by atoms with van der Waals surface area (Å²) in [6.07, 6.45) is 5.85. The van der Waals surface area contributed by atoms with Gasteiger partial charge in [-0.05, 0) is 42.2 Å². The smallest absolute Gasteiger partial charge is 0.303 e. The van der Waals surface area contributed by atoms with Crippen molar-refractivity contribution in [3.8, 4) is 0 Å². The molecule has 0 radical (unpaired) electrons. The number of unbranched alkanes of at least 4 members (excludes halogenated alkanes) is 2. The lowest BCUT2D eigenvalue weighted by atomic mass is 9.99. The summed E-state index contributed by atoms with van der Waals surface area (Å²) in [6.45, 7) is 4.22. The minimum absolute atomic E-state index is 0.00618. The fourth-order valence-electron chi connectivity index (χ4n) is 5.59. The number of amides is 1. The molecule has 0 unspecified atom stereocenters. The first-order chi connectivity index (χ1) is 21.5. The molecule has 1 aromatic heterocycles. The van der Waals surface area contributed by atoms with Crippen molar-refractivity contribution in [2.75, 3.05) is 42.9 Å². The number of anilines is 2. The number of benzene rings is 2. The number of nitrogens with one attached hydrogen (secondary N) is 1. The number of piperazine rings is 1. The van der Waals surface area contributed by atoms with Crippen LogP contribution in [0.4, 0.5) is 11.6 Å². The van der Waals surface area contributed by atoms with Gasteiger partial charge in [0.05, 0.1) is 18.8 Å². The standard InChI is InChI=1S/C33H41N5O6/c39-23-24-7-9-25(10-8-24)29-21-28(22-37-17-19-38(20-18-37)33-34-15-4-16-35-33)43-32(44-29)26-11-13-27(14-12-26)36-30(40)5-2-1-3-6-31(41)42/h4,7-16,28-29,32,39H,1-3,5-6,17-23H2,(H,36,40)(H,41,42)/t28-,29+,32+/m1/s1. The number of hydrogen-bond donors (Lipinski definition) is 3. The molecular formula is C33H41N5O6. The number of carboxylic acid groups (broad SMARTS) is 1. The van der Waals surface area contributed by atoms with Gasteiger partial charge in [0.25, 0.3) is 0 Å². The molecule has 44 heavy (non-hydrogen) atoms. The lowest BCUT2D eigenvalue weighted by Crippen LogP contribution is -2.50. The molecule has 11 nitrogen and oxygen atoms in total. The van der Waals surface area contributed by atoms with Gasteiger partial charge in [-0.2, -0.15) is 0 Å². The first kappa shape index (κ1) is 31.5. The van der Waals surface area contributed by atoms with Gasteiger partial charge < -0.3 is 29.9 Å². The highest BCUT2D eigenvalue weighted by molar-refractivity contribution is 5.90. The summed E-state index contributed by atoms with van der Waals surface area (Å²) < 4.78 is 13.0. The molecule has 11 heteroatoms. The largest absolute Gasteiger partial charge is 0.481 e. The van der Waals surface area contributed by atoms with Crippen molar-refractivity contribution in [3.63, 3.8) is 0 Å². The molecule has 0 spiro atoms. The number of ether oxygens (including phenoxy) is 2. The molecule has 3 atom stereocenters. The van der Waals surface area contributed by atoms with Crippen molar-refractivity contribution in [3.05, 3.63) is 83.7 Å². The molecule has 234 valence electrons. The van der Waals surface area contributed by atoms with Gasteiger partial charge in [0.1, 0.15) is 0 Å². The maximum absolute atomic E-state index is 12.4. The Bertz CT molecular complexity index is 1330. The predicted octanol–water partition coefficient (Wildman–Crippen LogP) is 4.31. The van der Waals surface area contributed by atoms with Crippen molar-refractivity contribution < 1.29 is 29.3 Å². The summed E-state index contributed by atoms with van der Waals surface area (Å²) in [6, 6.07) is 17.2. The van der Waals surface area contributed by atoms with Gasteiger partial charge >= 0.3 is 5.97 Å². The highest BCUT2D eigenvalue weighted by Gasteiger charge is 2.34. The maximum atomic E-state index is 12.4. The second-order valence-corrected chi connectivity index (χ2v) is 11.3. The molecule has 0 saturated carbocycles. The van der Waals surface area contributed by atoms with Crippen molar-refractivity contribution in [2.24, 2.45) is 0 Å². The van der Waals surface area contributed by atoms with E-state index in [4.69, 9.17) is 14.6 Å². The molecule has 2 fully saturated rings. The minimum atomic E-state index is -0.810. The second kappa shape index (κ2) is 15.7. The van der Waals surface area contributed by atoms with Gasteiger partial charge in [-0.25, -0.2) is 9.97 Å². The highest BCUT2D eigenvalue weighted by atomic mass is 16.7. The topological polar surface area (TPSA) is 137 Å². The molecule has 3 N–H and O–H groups in total. The maximum Gasteiger partial charge on any atom is 0.303 e. The monoisotopic (exact) mass is 603 g/mol. The molecule has 2 aromatic carbocycles. The fraction of sp³-hybridized carbons (Fsp3) is 0.455. The molecular weight excluding hydrogens is 562 g/mol. The van der Waals surface area contributed by atoms with Crippen LogP contribution in [0.2, 0.25) is 0 Å². The van der Waals surface area contributed by atoms with E-state index in [1.165, 1.54) is 0 Å². The number of aliphatic hydroxyl groups is 1. The lowest BCUT2D eigenvalue weighted by molar-refractivity contribution is -0.253. The summed E-state index contributed by atoms with van der Waals surface area (Å²) in [5, 5.41) is 21.2. The lowest BCUT2D eigenvalue weighted by Gasteiger charge is -2.40. The van der Waals surface area contributed by atoms with E-state index in [1.807, 2.05) is 54.6 Å². The Morgan fingerprint density at radius 2 is 1.55 bits per heavy atom. The van der Waals surface area contributed by atoms with E-state index in [2.05, 4.69) is 25.1 Å². The van der Waals surface area contributed by atoms with Gasteiger partial charge in [0.15, 0.2) is 6.29 Å². The average Bonchev–Trinajstić information content (AvgIpc) is 3.05. The normalized spacial score (nSPS) is 20.8. The Kier molecular flexibility index (Phi) is 11.3. The fourth-order valence-corrected chi connectivity index (χ4v) is 5.59. The quantitative estimate of drug-likeness (QED) is 0.242. The zero-order chi connectivity index (χ0) is 30.7. The number of aliphatic carboxylic acids is 1. The SMILES string of the molecule is O=C(O)CCCCCC(=O)Nc1ccc([C@H]2O[C@@H](CN3CCN(c4ncccn4)CC3)C[C@@H](c3ccc(CO)cc3)O2)cc1. The number of carbonyl (C=O) groups is 2. The zero-order valence-electron chi connectivity index (χ0n) is 24.9. The van der Waals surface area contributed by atoms with Crippen LogP contribution in [0.3, 0.4) is 0 Å². The zero-order valence-corrected chi connectivity index (χ0v) is 24.9. The third-order valence-electron chi connectivity index (χ3n) is 8.05. The molecule has 0 aliphatic carbocycles. The van der Waals surface area contributed by atoms with Gasteiger partial charge in [-0.1, -0.05) is 42.8 Å². The summed E-state index contributed by atoms with van der Waals surface area (Å²) in [7, 11) is 0. The number of carbonyl (C=O) groups excluding carboxylic acids is 1. The van der Waals surface area contributed by atoms with Gasteiger partial charge in [0, 0.05) is 75.6 Å². The van der Waals surface area contributed by atoms with Crippen LogP contribution in [0.15, 0.2) is 67.0 Å². The Morgan fingerprint density at radius 1 is 0.864 bits per heavy atom. The van der Waals surface area contributed by atoms with E-state index in [0.29, 0.717) is 37.8 Å². The first-order valence-electron chi connectivity index (χ1n) is 15.3. The average molecular weight is 604 g/mol. The number of carboxylic acids is 1. The Balaban J connectivity index is 1.20. The Labute approximate surface area is 257 Å². The number of hydrogen-bond acceptors (Lipinski definition) is 9. The van der Waals surface area contributed by atoms with Crippen LogP contribution in [-0.4, -0.2) is 75.8 Å². The van der Waals surface area contributed by atoms with Crippen LogP contribution in [0, 0.1) is 0 Å². The van der Waals surface area contributed by atoms with E-state index in [9.17, 15) is 14.7 Å². The summed E-state index contributed by atoms with van der Waals surface area (Å²) in [5.74, 6) is -0.144. The van der Waals surface area contributed by atoms with Crippen LogP contribution in [0.25, 0.3) is 0 Å². The molecule has 2 aliphatic heterocycles. The number of nitrogens with zero attached hydrogens (tertiary/aromatic N) is 4. The van der Waals surface area contributed by atoms with Crippen LogP contribution in [0.1, 0.15) is 67.6 Å². The minimum Gasteiger partial charge on any atom is -0.481 e. The predicted molar refractivity (Wildman–Crippen MR) is 165 cm³/mol. The number of aromatic nitrogens is 2. The number of rotatable bonds is 13. The van der Waals surface area contributed by atoms with Crippen molar-refractivity contribution in [1.29, 1.82) is 0 Å². The van der Waals surface area contributed by atoms with E-state index in [-0.39, 0.29) is 31.1 Å². The Morgan fingerprint density at radius 3 is 2.23 bits per heavy atom. The van der Waals surface area contributed by atoms with Crippen LogP contribution >= 0.6 is 0 Å². The molecule has 1 amide bonds. The van der Waals surface area contributed by atoms with Crippen molar-refractivity contribution in [1.82, 2.24) is 14.9 Å². The summed E-state index contributed by atoms with van der Waals surface area (Å²) in [5.41, 5.74) is 3.45. The summed E-state index contributed by atoms with van der Waals surface area (Å²) >= 11 is 0. The molecule has 2 saturated heterocycles. The van der Waals surface area contributed by atoms with Gasteiger partial charge in [-0.15, -0.1) is 0 Å². The van der Waals surface area contributed by atoms with E-state index < -0.39 is 12.3 Å². The van der Waals surface area contributed by atoms with Crippen LogP contribution in [0.5, 0.6) is 0 Å². The molecule has 3 aromatic rings. The van der Waals surface area contributed by atoms with E-state index >= 15 is 0 Å².